The normalized spacial score (nSPS) is 25.2. The van der Waals surface area contributed by atoms with Crippen LogP contribution in [0.25, 0.3) is 0 Å². The minimum atomic E-state index is -0.929. The first-order valence-electron chi connectivity index (χ1n) is 3.87. The Bertz CT molecular complexity index is 181. The Kier molecular flexibility index (Phi) is 1.86. The minimum Gasteiger partial charge on any atom is -0.0801 e. The predicted molar refractivity (Wildman–Crippen MR) is 50.0 cm³/mol. The van der Waals surface area contributed by atoms with E-state index in [1.807, 2.05) is 0 Å². The quantitative estimate of drug-likeness (QED) is 0.506. The maximum atomic E-state index is 2.41. The summed E-state index contributed by atoms with van der Waals surface area (Å²) >= 11 is 0. The summed E-state index contributed by atoms with van der Waals surface area (Å²) in [7, 11) is -0.929. The van der Waals surface area contributed by atoms with Crippen LogP contribution in [0, 0.1) is 0 Å². The van der Waals surface area contributed by atoms with Crippen molar-refractivity contribution >= 4 is 8.07 Å². The zero-order valence-corrected chi connectivity index (χ0v) is 8.31. The zero-order chi connectivity index (χ0) is 7.78. The van der Waals surface area contributed by atoms with E-state index in [1.54, 1.807) is 0 Å². The molecule has 1 unspecified atom stereocenters. The van der Waals surface area contributed by atoms with Crippen LogP contribution >= 0.6 is 0 Å². The molecule has 1 rings (SSSR count). The highest BCUT2D eigenvalue weighted by Crippen LogP contribution is 2.30. The lowest BCUT2D eigenvalue weighted by Crippen LogP contribution is -2.24. The van der Waals surface area contributed by atoms with E-state index in [0.29, 0.717) is 0 Å². The number of hydrogen-bond donors (Lipinski definition) is 0. The molecule has 1 atom stereocenters. The van der Waals surface area contributed by atoms with Gasteiger partial charge >= 0.3 is 0 Å². The van der Waals surface area contributed by atoms with Gasteiger partial charge in [0.05, 0.1) is 8.07 Å². The van der Waals surface area contributed by atoms with E-state index in [0.717, 1.165) is 5.54 Å². The molecule has 0 N–H and O–H groups in total. The highest BCUT2D eigenvalue weighted by molar-refractivity contribution is 6.78. The summed E-state index contributed by atoms with van der Waals surface area (Å²) in [6.07, 6.45) is 6.98. The van der Waals surface area contributed by atoms with E-state index in [2.05, 4.69) is 44.8 Å². The SMILES string of the molecule is CC1=CC([Si](C)(C)C)C=C1. The minimum absolute atomic E-state index is 0.785. The fourth-order valence-electron chi connectivity index (χ4n) is 1.19. The molecule has 10 heavy (non-hydrogen) atoms. The van der Waals surface area contributed by atoms with Gasteiger partial charge in [0.15, 0.2) is 0 Å². The van der Waals surface area contributed by atoms with Gasteiger partial charge in [0, 0.05) is 0 Å². The molecule has 0 aromatic carbocycles. The average Bonchev–Trinajstić information content (AvgIpc) is 2.11. The smallest absolute Gasteiger partial charge is 0.0558 e. The van der Waals surface area contributed by atoms with Gasteiger partial charge in [-0.05, 0) is 12.5 Å². The lowest BCUT2D eigenvalue weighted by Gasteiger charge is -2.20. The molecule has 0 saturated heterocycles. The molecular weight excluding hydrogens is 136 g/mol. The molecule has 0 bridgehead atoms. The molecule has 0 spiro atoms. The summed E-state index contributed by atoms with van der Waals surface area (Å²) in [6, 6.07) is 0. The van der Waals surface area contributed by atoms with Crippen molar-refractivity contribution in [2.45, 2.75) is 32.1 Å². The van der Waals surface area contributed by atoms with Crippen LogP contribution in [-0.4, -0.2) is 8.07 Å². The van der Waals surface area contributed by atoms with Crippen molar-refractivity contribution in [2.24, 2.45) is 0 Å². The van der Waals surface area contributed by atoms with Gasteiger partial charge in [-0.1, -0.05) is 43.4 Å². The topological polar surface area (TPSA) is 0 Å². The van der Waals surface area contributed by atoms with Gasteiger partial charge in [0.1, 0.15) is 0 Å². The number of allylic oxidation sites excluding steroid dienone is 4. The van der Waals surface area contributed by atoms with Gasteiger partial charge in [-0.25, -0.2) is 0 Å². The third kappa shape index (κ3) is 1.60. The molecule has 0 aromatic rings. The Labute approximate surface area is 64.7 Å². The van der Waals surface area contributed by atoms with E-state index >= 15 is 0 Å². The predicted octanol–water partition coefficient (Wildman–Crippen LogP) is 3.21. The second-order valence-electron chi connectivity index (χ2n) is 4.16. The summed E-state index contributed by atoms with van der Waals surface area (Å²) < 4.78 is 0. The molecule has 0 amide bonds. The molecule has 0 aliphatic heterocycles. The molecule has 1 aliphatic rings. The van der Waals surface area contributed by atoms with Crippen molar-refractivity contribution in [3.63, 3.8) is 0 Å². The molecule has 1 heteroatoms. The maximum absolute atomic E-state index is 2.41. The molecule has 0 aromatic heterocycles. The molecule has 0 fully saturated rings. The van der Waals surface area contributed by atoms with Crippen LogP contribution in [-0.2, 0) is 0 Å². The average molecular weight is 152 g/mol. The Hall–Kier alpha value is -0.303. The van der Waals surface area contributed by atoms with Crippen molar-refractivity contribution in [2.75, 3.05) is 0 Å². The Morgan fingerprint density at radius 3 is 2.10 bits per heavy atom. The van der Waals surface area contributed by atoms with Crippen molar-refractivity contribution in [3.8, 4) is 0 Å². The van der Waals surface area contributed by atoms with Crippen LogP contribution in [0.3, 0.4) is 0 Å². The van der Waals surface area contributed by atoms with Crippen molar-refractivity contribution < 1.29 is 0 Å². The fourth-order valence-corrected chi connectivity index (χ4v) is 2.62. The summed E-state index contributed by atoms with van der Waals surface area (Å²) in [5.41, 5.74) is 2.22. The van der Waals surface area contributed by atoms with Gasteiger partial charge in [-0.15, -0.1) is 0 Å². The van der Waals surface area contributed by atoms with Gasteiger partial charge in [0.25, 0.3) is 0 Å². The molecule has 0 nitrogen and oxygen atoms in total. The maximum Gasteiger partial charge on any atom is 0.0558 e. The summed E-state index contributed by atoms with van der Waals surface area (Å²) in [5, 5.41) is 0. The first-order valence-corrected chi connectivity index (χ1v) is 7.44. The molecule has 0 radical (unpaired) electrons. The van der Waals surface area contributed by atoms with Crippen LogP contribution < -0.4 is 0 Å². The van der Waals surface area contributed by atoms with E-state index in [4.69, 9.17) is 0 Å². The molecule has 0 saturated carbocycles. The van der Waals surface area contributed by atoms with Gasteiger partial charge in [0.2, 0.25) is 0 Å². The molecule has 56 valence electrons. The van der Waals surface area contributed by atoms with Gasteiger partial charge in [-0.2, -0.15) is 0 Å². The summed E-state index contributed by atoms with van der Waals surface area (Å²) in [6.45, 7) is 9.42. The second-order valence-corrected chi connectivity index (χ2v) is 9.56. The molecule has 1 aliphatic carbocycles. The van der Waals surface area contributed by atoms with E-state index in [9.17, 15) is 0 Å². The highest BCUT2D eigenvalue weighted by atomic mass is 28.3. The molecular formula is C9H16Si. The third-order valence-electron chi connectivity index (χ3n) is 2.01. The fraction of sp³-hybridized carbons (Fsp3) is 0.556. The monoisotopic (exact) mass is 152 g/mol. The van der Waals surface area contributed by atoms with Crippen molar-refractivity contribution in [1.29, 1.82) is 0 Å². The van der Waals surface area contributed by atoms with E-state index < -0.39 is 8.07 Å². The number of hydrogen-bond acceptors (Lipinski definition) is 0. The molecule has 0 heterocycles. The van der Waals surface area contributed by atoms with Crippen molar-refractivity contribution in [1.82, 2.24) is 0 Å². The summed E-state index contributed by atoms with van der Waals surface area (Å²) in [5.74, 6) is 0. The van der Waals surface area contributed by atoms with Gasteiger partial charge < -0.3 is 0 Å². The third-order valence-corrected chi connectivity index (χ3v) is 4.37. The summed E-state index contributed by atoms with van der Waals surface area (Å²) in [4.78, 5) is 0. The van der Waals surface area contributed by atoms with E-state index in [1.165, 1.54) is 5.57 Å². The standard InChI is InChI=1S/C9H16Si/c1-8-5-6-9(7-8)10(2,3)4/h5-7,9H,1-4H3. The second kappa shape index (κ2) is 2.39. The largest absolute Gasteiger partial charge is 0.0801 e. The Morgan fingerprint density at radius 1 is 1.30 bits per heavy atom. The van der Waals surface area contributed by atoms with E-state index in [-0.39, 0.29) is 0 Å². The first-order chi connectivity index (χ1) is 4.50. The van der Waals surface area contributed by atoms with Crippen LogP contribution in [0.15, 0.2) is 23.8 Å². The zero-order valence-electron chi connectivity index (χ0n) is 7.31. The highest BCUT2D eigenvalue weighted by Gasteiger charge is 2.24. The Morgan fingerprint density at radius 2 is 1.90 bits per heavy atom. The van der Waals surface area contributed by atoms with Crippen molar-refractivity contribution in [3.05, 3.63) is 23.8 Å². The van der Waals surface area contributed by atoms with Crippen LogP contribution in [0.1, 0.15) is 6.92 Å². The lowest BCUT2D eigenvalue weighted by molar-refractivity contribution is 1.28. The Balaban J connectivity index is 2.72. The van der Waals surface area contributed by atoms with Gasteiger partial charge in [-0.3, -0.25) is 0 Å². The number of rotatable bonds is 1. The first kappa shape index (κ1) is 7.80. The lowest BCUT2D eigenvalue weighted by atomic mass is 10.3. The van der Waals surface area contributed by atoms with Crippen LogP contribution in [0.2, 0.25) is 25.2 Å². The van der Waals surface area contributed by atoms with Crippen LogP contribution in [0.4, 0.5) is 0 Å². The van der Waals surface area contributed by atoms with Crippen LogP contribution in [0.5, 0.6) is 0 Å².